The highest BCUT2D eigenvalue weighted by Gasteiger charge is 2.20. The van der Waals surface area contributed by atoms with E-state index in [4.69, 9.17) is 21.8 Å². The largest absolute Gasteiger partial charge is 0.457 e. The molecule has 1 aliphatic rings. The first-order valence-corrected chi connectivity index (χ1v) is 6.95. The molecule has 100 valence electrons. The van der Waals surface area contributed by atoms with Crippen LogP contribution in [-0.2, 0) is 4.79 Å². The first-order valence-electron chi connectivity index (χ1n) is 5.75. The third kappa shape index (κ3) is 2.64. The molecule has 4 nitrogen and oxygen atoms in total. The molecule has 0 saturated heterocycles. The van der Waals surface area contributed by atoms with Gasteiger partial charge in [0.25, 0.3) is 5.91 Å². The number of rotatable bonds is 2. The van der Waals surface area contributed by atoms with E-state index in [-0.39, 0.29) is 11.1 Å². The Balaban J connectivity index is 1.86. The topological polar surface area (TPSA) is 68.6 Å². The standard InChI is InChI=1S/C14H9ClN2O2S/c15-9-3-1-8(2-4-9)11-6-5-10(19-11)7-12-13(18)17-14(16)20-12/h1-7H,(H2,16,17,18). The molecule has 1 aromatic carbocycles. The quantitative estimate of drug-likeness (QED) is 0.862. The molecule has 1 aromatic heterocycles. The second kappa shape index (κ2) is 5.19. The van der Waals surface area contributed by atoms with Crippen LogP contribution in [0.1, 0.15) is 5.76 Å². The summed E-state index contributed by atoms with van der Waals surface area (Å²) < 4.78 is 5.68. The summed E-state index contributed by atoms with van der Waals surface area (Å²) in [4.78, 5) is 15.6. The lowest BCUT2D eigenvalue weighted by Crippen LogP contribution is -2.01. The van der Waals surface area contributed by atoms with Gasteiger partial charge in [0.05, 0.1) is 4.91 Å². The number of carbonyl (C=O) groups is 1. The van der Waals surface area contributed by atoms with Crippen LogP contribution in [0.4, 0.5) is 0 Å². The van der Waals surface area contributed by atoms with Gasteiger partial charge >= 0.3 is 0 Å². The van der Waals surface area contributed by atoms with Gasteiger partial charge < -0.3 is 10.2 Å². The van der Waals surface area contributed by atoms with E-state index in [1.54, 1.807) is 24.3 Å². The number of amidine groups is 1. The molecule has 2 aromatic rings. The summed E-state index contributed by atoms with van der Waals surface area (Å²) in [5.41, 5.74) is 6.40. The lowest BCUT2D eigenvalue weighted by Gasteiger charge is -1.96. The summed E-state index contributed by atoms with van der Waals surface area (Å²) in [5.74, 6) is 0.950. The molecule has 0 unspecified atom stereocenters. The number of hydrogen-bond acceptors (Lipinski definition) is 4. The monoisotopic (exact) mass is 304 g/mol. The fraction of sp³-hybridized carbons (Fsp3) is 0. The van der Waals surface area contributed by atoms with E-state index in [9.17, 15) is 4.79 Å². The molecule has 6 heteroatoms. The van der Waals surface area contributed by atoms with Gasteiger partial charge in [-0.25, -0.2) is 0 Å². The minimum Gasteiger partial charge on any atom is -0.457 e. The zero-order valence-corrected chi connectivity index (χ0v) is 11.7. The van der Waals surface area contributed by atoms with Crippen molar-refractivity contribution in [2.75, 3.05) is 0 Å². The van der Waals surface area contributed by atoms with E-state index >= 15 is 0 Å². The molecule has 2 heterocycles. The van der Waals surface area contributed by atoms with E-state index in [0.717, 1.165) is 17.3 Å². The van der Waals surface area contributed by atoms with Crippen LogP contribution in [0.25, 0.3) is 17.4 Å². The molecular weight excluding hydrogens is 296 g/mol. The van der Waals surface area contributed by atoms with Gasteiger partial charge in [0.2, 0.25) is 0 Å². The van der Waals surface area contributed by atoms with Crippen molar-refractivity contribution >= 4 is 40.5 Å². The van der Waals surface area contributed by atoms with Crippen molar-refractivity contribution in [1.82, 2.24) is 0 Å². The van der Waals surface area contributed by atoms with Gasteiger partial charge in [0.1, 0.15) is 11.5 Å². The Morgan fingerprint density at radius 2 is 1.95 bits per heavy atom. The van der Waals surface area contributed by atoms with Crippen LogP contribution in [0, 0.1) is 0 Å². The summed E-state index contributed by atoms with van der Waals surface area (Å²) in [6, 6.07) is 11.0. The summed E-state index contributed by atoms with van der Waals surface area (Å²) >= 11 is 6.98. The molecule has 0 aliphatic carbocycles. The Morgan fingerprint density at radius 1 is 1.20 bits per heavy atom. The van der Waals surface area contributed by atoms with Crippen LogP contribution < -0.4 is 5.73 Å². The second-order valence-electron chi connectivity index (χ2n) is 4.07. The SMILES string of the molecule is NC1=NC(=O)C(=Cc2ccc(-c3ccc(Cl)cc3)o2)S1. The predicted molar refractivity (Wildman–Crippen MR) is 81.4 cm³/mol. The first kappa shape index (κ1) is 13.0. The molecule has 1 aliphatic heterocycles. The number of nitrogens with zero attached hydrogens (tertiary/aromatic N) is 1. The van der Waals surface area contributed by atoms with E-state index in [2.05, 4.69) is 4.99 Å². The van der Waals surface area contributed by atoms with Crippen molar-refractivity contribution in [1.29, 1.82) is 0 Å². The minimum atomic E-state index is -0.336. The first-order chi connectivity index (χ1) is 9.61. The van der Waals surface area contributed by atoms with E-state index in [1.165, 1.54) is 0 Å². The van der Waals surface area contributed by atoms with Crippen LogP contribution in [-0.4, -0.2) is 11.1 Å². The van der Waals surface area contributed by atoms with E-state index in [1.807, 2.05) is 18.2 Å². The van der Waals surface area contributed by atoms with Gasteiger partial charge in [-0.2, -0.15) is 4.99 Å². The van der Waals surface area contributed by atoms with Crippen molar-refractivity contribution in [3.63, 3.8) is 0 Å². The Labute approximate surface area is 124 Å². The van der Waals surface area contributed by atoms with E-state index < -0.39 is 0 Å². The highest BCUT2D eigenvalue weighted by molar-refractivity contribution is 8.18. The molecule has 0 fully saturated rings. The fourth-order valence-corrected chi connectivity index (χ4v) is 2.54. The van der Waals surface area contributed by atoms with Crippen molar-refractivity contribution in [2.24, 2.45) is 10.7 Å². The molecule has 0 bridgehead atoms. The minimum absolute atomic E-state index is 0.255. The average molecular weight is 305 g/mol. The van der Waals surface area contributed by atoms with E-state index in [0.29, 0.717) is 21.4 Å². The van der Waals surface area contributed by atoms with Crippen molar-refractivity contribution in [2.45, 2.75) is 0 Å². The molecule has 2 N–H and O–H groups in total. The number of nitrogens with two attached hydrogens (primary N) is 1. The lowest BCUT2D eigenvalue weighted by atomic mass is 10.2. The summed E-state index contributed by atoms with van der Waals surface area (Å²) in [6.45, 7) is 0. The number of furan rings is 1. The molecule has 0 saturated carbocycles. The third-order valence-electron chi connectivity index (χ3n) is 2.67. The van der Waals surface area contributed by atoms with Gasteiger partial charge in [0.15, 0.2) is 5.17 Å². The smallest absolute Gasteiger partial charge is 0.286 e. The number of amides is 1. The Hall–Kier alpha value is -1.98. The van der Waals surface area contributed by atoms with Gasteiger partial charge in [-0.15, -0.1) is 0 Å². The Bertz CT molecular complexity index is 732. The maximum absolute atomic E-state index is 11.5. The highest BCUT2D eigenvalue weighted by atomic mass is 35.5. The van der Waals surface area contributed by atoms with Gasteiger partial charge in [0, 0.05) is 16.7 Å². The van der Waals surface area contributed by atoms with Crippen LogP contribution in [0.3, 0.4) is 0 Å². The molecular formula is C14H9ClN2O2S. The zero-order chi connectivity index (χ0) is 14.1. The molecule has 3 rings (SSSR count). The van der Waals surface area contributed by atoms with Crippen LogP contribution in [0.5, 0.6) is 0 Å². The molecule has 20 heavy (non-hydrogen) atoms. The van der Waals surface area contributed by atoms with Gasteiger partial charge in [-0.05, 0) is 48.2 Å². The third-order valence-corrected chi connectivity index (χ3v) is 3.73. The van der Waals surface area contributed by atoms with Gasteiger partial charge in [-0.1, -0.05) is 11.6 Å². The van der Waals surface area contributed by atoms with Crippen molar-refractivity contribution in [3.8, 4) is 11.3 Å². The maximum Gasteiger partial charge on any atom is 0.286 e. The fourth-order valence-electron chi connectivity index (χ4n) is 1.75. The Kier molecular flexibility index (Phi) is 3.38. The van der Waals surface area contributed by atoms with Crippen molar-refractivity contribution in [3.05, 3.63) is 52.1 Å². The van der Waals surface area contributed by atoms with Crippen LogP contribution in [0.2, 0.25) is 5.02 Å². The second-order valence-corrected chi connectivity index (χ2v) is 5.57. The number of carbonyl (C=O) groups excluding carboxylic acids is 1. The molecule has 1 amide bonds. The number of aliphatic imine (C=N–C) groups is 1. The number of benzene rings is 1. The summed E-state index contributed by atoms with van der Waals surface area (Å²) in [6.07, 6.45) is 1.63. The van der Waals surface area contributed by atoms with Crippen LogP contribution in [0.15, 0.2) is 50.7 Å². The van der Waals surface area contributed by atoms with Crippen molar-refractivity contribution < 1.29 is 9.21 Å². The number of hydrogen-bond donors (Lipinski definition) is 1. The summed E-state index contributed by atoms with van der Waals surface area (Å²) in [5, 5.41) is 0.925. The van der Waals surface area contributed by atoms with Crippen LogP contribution >= 0.6 is 23.4 Å². The Morgan fingerprint density at radius 3 is 2.60 bits per heavy atom. The maximum atomic E-state index is 11.5. The number of thioether (sulfide) groups is 1. The molecule has 0 atom stereocenters. The highest BCUT2D eigenvalue weighted by Crippen LogP contribution is 2.29. The zero-order valence-electron chi connectivity index (χ0n) is 10.2. The average Bonchev–Trinajstić information content (AvgIpc) is 2.98. The summed E-state index contributed by atoms with van der Waals surface area (Å²) in [7, 11) is 0. The normalized spacial score (nSPS) is 16.8. The number of halogens is 1. The predicted octanol–water partition coefficient (Wildman–Crippen LogP) is 3.53. The molecule has 0 spiro atoms. The van der Waals surface area contributed by atoms with Gasteiger partial charge in [-0.3, -0.25) is 4.79 Å². The lowest BCUT2D eigenvalue weighted by molar-refractivity contribution is -0.113. The molecule has 0 radical (unpaired) electrons.